The summed E-state index contributed by atoms with van der Waals surface area (Å²) in [6.07, 6.45) is -0.660. The van der Waals surface area contributed by atoms with Crippen LogP contribution in [-0.4, -0.2) is 17.2 Å². The van der Waals surface area contributed by atoms with Gasteiger partial charge in [-0.2, -0.15) is 0 Å². The zero-order chi connectivity index (χ0) is 17.8. The summed E-state index contributed by atoms with van der Waals surface area (Å²) in [4.78, 5) is 12.3. The molecule has 5 nitrogen and oxygen atoms in total. The van der Waals surface area contributed by atoms with Crippen molar-refractivity contribution in [2.75, 3.05) is 5.32 Å². The minimum Gasteiger partial charge on any atom is -0.481 e. The van der Waals surface area contributed by atoms with Gasteiger partial charge in [-0.3, -0.25) is 10.1 Å². The van der Waals surface area contributed by atoms with E-state index in [4.69, 9.17) is 9.26 Å². The third-order valence-corrected chi connectivity index (χ3v) is 3.99. The van der Waals surface area contributed by atoms with Crippen LogP contribution in [0.2, 0.25) is 0 Å². The number of amides is 1. The van der Waals surface area contributed by atoms with Gasteiger partial charge in [0, 0.05) is 11.6 Å². The maximum absolute atomic E-state index is 12.3. The highest BCUT2D eigenvalue weighted by Crippen LogP contribution is 2.22. The summed E-state index contributed by atoms with van der Waals surface area (Å²) in [7, 11) is 0. The average molecular weight is 336 g/mol. The predicted molar refractivity (Wildman–Crippen MR) is 96.6 cm³/mol. The van der Waals surface area contributed by atoms with Crippen LogP contribution in [0.4, 0.5) is 5.88 Å². The maximum atomic E-state index is 12.3. The summed E-state index contributed by atoms with van der Waals surface area (Å²) in [6, 6.07) is 17.0. The molecule has 0 aliphatic carbocycles. The largest absolute Gasteiger partial charge is 0.481 e. The second-order valence-corrected chi connectivity index (χ2v) is 5.94. The molecule has 1 N–H and O–H groups in total. The Morgan fingerprint density at radius 3 is 2.56 bits per heavy atom. The van der Waals surface area contributed by atoms with E-state index in [1.807, 2.05) is 62.4 Å². The number of carbonyl (C=O) groups is 1. The van der Waals surface area contributed by atoms with Crippen LogP contribution in [0.1, 0.15) is 18.1 Å². The monoisotopic (exact) mass is 336 g/mol. The van der Waals surface area contributed by atoms with Crippen molar-refractivity contribution in [3.05, 3.63) is 65.7 Å². The standard InChI is InChI=1S/C20H20N2O3/c1-13-9-10-17(11-14(13)2)24-15(3)20(23)21-19-12-18(22-25-19)16-7-5-4-6-8-16/h4-12,15H,1-3H3,(H,21,23). The van der Waals surface area contributed by atoms with Crippen LogP contribution in [-0.2, 0) is 4.79 Å². The fraction of sp³-hybridized carbons (Fsp3) is 0.200. The highest BCUT2D eigenvalue weighted by atomic mass is 16.5. The Balaban J connectivity index is 1.63. The molecule has 0 aliphatic rings. The van der Waals surface area contributed by atoms with E-state index in [9.17, 15) is 4.79 Å². The molecule has 0 spiro atoms. The number of aryl methyl sites for hydroxylation is 2. The lowest BCUT2D eigenvalue weighted by Crippen LogP contribution is -2.30. The fourth-order valence-electron chi connectivity index (χ4n) is 2.35. The number of nitrogens with zero attached hydrogens (tertiary/aromatic N) is 1. The number of hydrogen-bond donors (Lipinski definition) is 1. The summed E-state index contributed by atoms with van der Waals surface area (Å²) < 4.78 is 10.9. The Hall–Kier alpha value is -3.08. The molecule has 1 heterocycles. The normalized spacial score (nSPS) is 11.8. The van der Waals surface area contributed by atoms with Crippen LogP contribution in [0.3, 0.4) is 0 Å². The van der Waals surface area contributed by atoms with Gasteiger partial charge in [0.15, 0.2) is 6.10 Å². The van der Waals surface area contributed by atoms with E-state index in [0.717, 1.165) is 11.1 Å². The molecule has 1 aromatic heterocycles. The minimum absolute atomic E-state index is 0.291. The summed E-state index contributed by atoms with van der Waals surface area (Å²) >= 11 is 0. The molecular formula is C20H20N2O3. The van der Waals surface area contributed by atoms with Crippen LogP contribution in [0.15, 0.2) is 59.1 Å². The van der Waals surface area contributed by atoms with Crippen molar-refractivity contribution in [3.8, 4) is 17.0 Å². The van der Waals surface area contributed by atoms with Crippen molar-refractivity contribution >= 4 is 11.8 Å². The van der Waals surface area contributed by atoms with Gasteiger partial charge in [-0.15, -0.1) is 0 Å². The van der Waals surface area contributed by atoms with Crippen LogP contribution in [0.25, 0.3) is 11.3 Å². The van der Waals surface area contributed by atoms with Gasteiger partial charge in [-0.25, -0.2) is 0 Å². The molecule has 1 unspecified atom stereocenters. The molecule has 3 rings (SSSR count). The van der Waals surface area contributed by atoms with Gasteiger partial charge in [-0.1, -0.05) is 41.6 Å². The number of hydrogen-bond acceptors (Lipinski definition) is 4. The zero-order valence-corrected chi connectivity index (χ0v) is 14.4. The average Bonchev–Trinajstić information content (AvgIpc) is 3.07. The Morgan fingerprint density at radius 1 is 1.08 bits per heavy atom. The van der Waals surface area contributed by atoms with Crippen LogP contribution < -0.4 is 10.1 Å². The highest BCUT2D eigenvalue weighted by molar-refractivity contribution is 5.93. The zero-order valence-electron chi connectivity index (χ0n) is 14.4. The highest BCUT2D eigenvalue weighted by Gasteiger charge is 2.17. The molecule has 3 aromatic rings. The first-order valence-corrected chi connectivity index (χ1v) is 8.10. The third kappa shape index (κ3) is 4.07. The molecular weight excluding hydrogens is 316 g/mol. The predicted octanol–water partition coefficient (Wildman–Crippen LogP) is 4.36. The summed E-state index contributed by atoms with van der Waals surface area (Å²) in [5, 5.41) is 6.66. The lowest BCUT2D eigenvalue weighted by molar-refractivity contribution is -0.122. The van der Waals surface area contributed by atoms with Crippen LogP contribution >= 0.6 is 0 Å². The van der Waals surface area contributed by atoms with Crippen LogP contribution in [0, 0.1) is 13.8 Å². The van der Waals surface area contributed by atoms with Gasteiger partial charge in [0.2, 0.25) is 5.88 Å². The summed E-state index contributed by atoms with van der Waals surface area (Å²) in [6.45, 7) is 5.73. The molecule has 0 bridgehead atoms. The van der Waals surface area contributed by atoms with Crippen molar-refractivity contribution in [1.82, 2.24) is 5.16 Å². The van der Waals surface area contributed by atoms with Gasteiger partial charge in [0.25, 0.3) is 5.91 Å². The van der Waals surface area contributed by atoms with Crippen molar-refractivity contribution < 1.29 is 14.1 Å². The molecule has 0 aliphatic heterocycles. The minimum atomic E-state index is -0.660. The van der Waals surface area contributed by atoms with Gasteiger partial charge < -0.3 is 9.26 Å². The lowest BCUT2D eigenvalue weighted by Gasteiger charge is -2.14. The Labute approximate surface area is 146 Å². The summed E-state index contributed by atoms with van der Waals surface area (Å²) in [5.41, 5.74) is 3.89. The number of rotatable bonds is 5. The molecule has 5 heteroatoms. The first kappa shape index (κ1) is 16.8. The number of nitrogens with one attached hydrogen (secondary N) is 1. The van der Waals surface area contributed by atoms with E-state index in [1.165, 1.54) is 5.56 Å². The molecule has 0 saturated carbocycles. The van der Waals surface area contributed by atoms with Gasteiger partial charge in [0.05, 0.1) is 0 Å². The number of benzene rings is 2. The molecule has 1 atom stereocenters. The topological polar surface area (TPSA) is 64.4 Å². The second kappa shape index (κ2) is 7.21. The van der Waals surface area contributed by atoms with E-state index >= 15 is 0 Å². The smallest absolute Gasteiger partial charge is 0.267 e. The van der Waals surface area contributed by atoms with Crippen LogP contribution in [0.5, 0.6) is 5.75 Å². The van der Waals surface area contributed by atoms with E-state index in [2.05, 4.69) is 10.5 Å². The molecule has 0 saturated heterocycles. The van der Waals surface area contributed by atoms with Gasteiger partial charge in [-0.05, 0) is 44.0 Å². The molecule has 0 fully saturated rings. The van der Waals surface area contributed by atoms with Crippen molar-refractivity contribution in [1.29, 1.82) is 0 Å². The lowest BCUT2D eigenvalue weighted by atomic mass is 10.1. The number of aromatic nitrogens is 1. The van der Waals surface area contributed by atoms with Crippen molar-refractivity contribution in [2.24, 2.45) is 0 Å². The fourth-order valence-corrected chi connectivity index (χ4v) is 2.35. The van der Waals surface area contributed by atoms with Gasteiger partial charge >= 0.3 is 0 Å². The first-order chi connectivity index (χ1) is 12.0. The second-order valence-electron chi connectivity index (χ2n) is 5.94. The quantitative estimate of drug-likeness (QED) is 0.751. The van der Waals surface area contributed by atoms with Crippen molar-refractivity contribution in [3.63, 3.8) is 0 Å². The number of anilines is 1. The van der Waals surface area contributed by atoms with E-state index < -0.39 is 6.10 Å². The molecule has 25 heavy (non-hydrogen) atoms. The van der Waals surface area contributed by atoms with E-state index in [0.29, 0.717) is 17.3 Å². The third-order valence-electron chi connectivity index (χ3n) is 3.99. The molecule has 0 radical (unpaired) electrons. The first-order valence-electron chi connectivity index (χ1n) is 8.10. The van der Waals surface area contributed by atoms with E-state index in [1.54, 1.807) is 13.0 Å². The maximum Gasteiger partial charge on any atom is 0.267 e. The Bertz CT molecular complexity index is 872. The molecule has 128 valence electrons. The summed E-state index contributed by atoms with van der Waals surface area (Å²) in [5.74, 6) is 0.654. The van der Waals surface area contributed by atoms with Gasteiger partial charge in [0.1, 0.15) is 11.4 Å². The Kier molecular flexibility index (Phi) is 4.84. The van der Waals surface area contributed by atoms with Crippen molar-refractivity contribution in [2.45, 2.75) is 26.9 Å². The number of carbonyl (C=O) groups excluding carboxylic acids is 1. The number of ether oxygens (including phenoxy) is 1. The Morgan fingerprint density at radius 2 is 1.84 bits per heavy atom. The molecule has 1 amide bonds. The van der Waals surface area contributed by atoms with E-state index in [-0.39, 0.29) is 5.91 Å². The molecule has 2 aromatic carbocycles. The SMILES string of the molecule is Cc1ccc(OC(C)C(=O)Nc2cc(-c3ccccc3)no2)cc1C.